The average Bonchev–Trinajstić information content (AvgIpc) is 3.09. The molecule has 7 heteroatoms. The summed E-state index contributed by atoms with van der Waals surface area (Å²) in [4.78, 5) is 18.1. The highest BCUT2D eigenvalue weighted by molar-refractivity contribution is 5.90. The molecule has 1 aromatic heterocycles. The van der Waals surface area contributed by atoms with Gasteiger partial charge in [0.1, 0.15) is 23.6 Å². The minimum Gasteiger partial charge on any atom is -0.465 e. The van der Waals surface area contributed by atoms with E-state index in [0.29, 0.717) is 30.2 Å². The molecule has 2 rings (SSSR count). The second-order valence-corrected chi connectivity index (χ2v) is 5.23. The minimum absolute atomic E-state index is 0.305. The first-order valence-corrected chi connectivity index (χ1v) is 7.44. The number of esters is 1. The number of hydrogen-bond acceptors (Lipinski definition) is 5. The first-order valence-electron chi connectivity index (χ1n) is 7.44. The number of likely N-dealkylation sites (tertiary alicyclic amines) is 1. The Morgan fingerprint density at radius 3 is 3.00 bits per heavy atom. The molecular weight excluding hydrogens is 286 g/mol. The van der Waals surface area contributed by atoms with Gasteiger partial charge in [-0.1, -0.05) is 0 Å². The van der Waals surface area contributed by atoms with Gasteiger partial charge in [0.05, 0.1) is 13.2 Å². The smallest absolute Gasteiger partial charge is 0.341 e. The van der Waals surface area contributed by atoms with Gasteiger partial charge in [0.15, 0.2) is 5.96 Å². The van der Waals surface area contributed by atoms with E-state index in [0.717, 1.165) is 25.5 Å². The maximum atomic E-state index is 11.6. The molecule has 1 aromatic rings. The van der Waals surface area contributed by atoms with E-state index >= 15 is 0 Å². The molecule has 1 fully saturated rings. The number of methoxy groups -OCH3 is 1. The third-order valence-corrected chi connectivity index (χ3v) is 3.56. The van der Waals surface area contributed by atoms with E-state index in [1.807, 2.05) is 11.8 Å². The van der Waals surface area contributed by atoms with Crippen LogP contribution in [0, 0.1) is 6.92 Å². The summed E-state index contributed by atoms with van der Waals surface area (Å²) in [5, 5.41) is 12.8. The number of nitrogens with one attached hydrogen (secondary N) is 1. The fourth-order valence-electron chi connectivity index (χ4n) is 2.45. The third kappa shape index (κ3) is 3.79. The van der Waals surface area contributed by atoms with Crippen LogP contribution in [0.25, 0.3) is 0 Å². The average molecular weight is 309 g/mol. The molecule has 2 heterocycles. The number of aliphatic hydroxyl groups excluding tert-OH is 1. The topological polar surface area (TPSA) is 87.3 Å². The van der Waals surface area contributed by atoms with Crippen molar-refractivity contribution in [2.24, 2.45) is 4.99 Å². The molecule has 0 unspecified atom stereocenters. The summed E-state index contributed by atoms with van der Waals surface area (Å²) >= 11 is 0. The third-order valence-electron chi connectivity index (χ3n) is 3.56. The Labute approximate surface area is 130 Å². The highest BCUT2D eigenvalue weighted by Gasteiger charge is 2.23. The Balaban J connectivity index is 2.09. The van der Waals surface area contributed by atoms with E-state index < -0.39 is 5.97 Å². The summed E-state index contributed by atoms with van der Waals surface area (Å²) in [6.45, 7) is 6.15. The van der Waals surface area contributed by atoms with Crippen LogP contribution >= 0.6 is 0 Å². The molecule has 0 aromatic carbocycles. The second kappa shape index (κ2) is 7.31. The zero-order chi connectivity index (χ0) is 16.1. The molecule has 0 spiro atoms. The summed E-state index contributed by atoms with van der Waals surface area (Å²) in [6, 6.07) is 1.66. The van der Waals surface area contributed by atoms with Crippen molar-refractivity contribution in [1.82, 2.24) is 10.2 Å². The number of aliphatic hydroxyl groups is 1. The van der Waals surface area contributed by atoms with Crippen molar-refractivity contribution < 1.29 is 19.1 Å². The SMILES string of the molecule is CCNC(=NCc1cc(C(=O)OC)c(C)o1)N1CC[C@@H](O)C1. The van der Waals surface area contributed by atoms with Crippen molar-refractivity contribution >= 4 is 11.9 Å². The predicted molar refractivity (Wildman–Crippen MR) is 81.8 cm³/mol. The van der Waals surface area contributed by atoms with Gasteiger partial charge in [-0.05, 0) is 26.3 Å². The van der Waals surface area contributed by atoms with Crippen molar-refractivity contribution in [3.8, 4) is 0 Å². The number of furan rings is 1. The predicted octanol–water partition coefficient (Wildman–Crippen LogP) is 0.907. The Hall–Kier alpha value is -2.02. The molecule has 1 aliphatic rings. The van der Waals surface area contributed by atoms with Crippen LogP contribution in [0.3, 0.4) is 0 Å². The van der Waals surface area contributed by atoms with Gasteiger partial charge in [0.25, 0.3) is 0 Å². The standard InChI is InChI=1S/C15H23N3O4/c1-4-16-15(18-6-5-11(19)9-18)17-8-12-7-13(10(2)22-12)14(20)21-3/h7,11,19H,4-6,8-9H2,1-3H3,(H,16,17)/t11-/m1/s1. The summed E-state index contributed by atoms with van der Waals surface area (Å²) < 4.78 is 10.3. The number of guanidine groups is 1. The Kier molecular flexibility index (Phi) is 5.43. The number of carbonyl (C=O) groups excluding carboxylic acids is 1. The molecule has 7 nitrogen and oxygen atoms in total. The van der Waals surface area contributed by atoms with E-state index in [1.54, 1.807) is 13.0 Å². The van der Waals surface area contributed by atoms with Gasteiger partial charge in [-0.15, -0.1) is 0 Å². The molecule has 122 valence electrons. The van der Waals surface area contributed by atoms with Crippen LogP contribution < -0.4 is 5.32 Å². The van der Waals surface area contributed by atoms with Gasteiger partial charge >= 0.3 is 5.97 Å². The molecule has 0 bridgehead atoms. The quantitative estimate of drug-likeness (QED) is 0.488. The van der Waals surface area contributed by atoms with Crippen LogP contribution in [0.15, 0.2) is 15.5 Å². The van der Waals surface area contributed by atoms with Gasteiger partial charge in [-0.2, -0.15) is 0 Å². The van der Waals surface area contributed by atoms with Gasteiger partial charge in [0, 0.05) is 19.6 Å². The summed E-state index contributed by atoms with van der Waals surface area (Å²) in [5.41, 5.74) is 0.425. The van der Waals surface area contributed by atoms with Crippen LogP contribution in [0.2, 0.25) is 0 Å². The largest absolute Gasteiger partial charge is 0.465 e. The molecular formula is C15H23N3O4. The number of ether oxygens (including phenoxy) is 1. The lowest BCUT2D eigenvalue weighted by Gasteiger charge is -2.20. The number of aliphatic imine (C=N–C) groups is 1. The van der Waals surface area contributed by atoms with Crippen molar-refractivity contribution in [2.75, 3.05) is 26.7 Å². The number of carbonyl (C=O) groups is 1. The normalized spacial score (nSPS) is 18.6. The lowest BCUT2D eigenvalue weighted by Crippen LogP contribution is -2.40. The van der Waals surface area contributed by atoms with Crippen LogP contribution in [-0.2, 0) is 11.3 Å². The highest BCUT2D eigenvalue weighted by atomic mass is 16.5. The number of β-amino-alcohol motifs (C(OH)–C–C–N with tert-alkyl or cyclic N) is 1. The van der Waals surface area contributed by atoms with Crippen LogP contribution in [0.5, 0.6) is 0 Å². The maximum absolute atomic E-state index is 11.6. The number of nitrogens with zero attached hydrogens (tertiary/aromatic N) is 2. The molecule has 0 saturated carbocycles. The summed E-state index contributed by atoms with van der Waals surface area (Å²) in [6.07, 6.45) is 0.442. The first kappa shape index (κ1) is 16.4. The van der Waals surface area contributed by atoms with E-state index in [9.17, 15) is 9.90 Å². The molecule has 1 atom stereocenters. The van der Waals surface area contributed by atoms with Crippen molar-refractivity contribution in [3.63, 3.8) is 0 Å². The molecule has 2 N–H and O–H groups in total. The van der Waals surface area contributed by atoms with Gasteiger partial charge in [-0.3, -0.25) is 0 Å². The van der Waals surface area contributed by atoms with Crippen molar-refractivity contribution in [1.29, 1.82) is 0 Å². The van der Waals surface area contributed by atoms with E-state index in [1.165, 1.54) is 7.11 Å². The number of aryl methyl sites for hydroxylation is 1. The molecule has 0 amide bonds. The summed E-state index contributed by atoms with van der Waals surface area (Å²) in [5.74, 6) is 1.46. The van der Waals surface area contributed by atoms with Gasteiger partial charge < -0.3 is 24.5 Å². The maximum Gasteiger partial charge on any atom is 0.341 e. The van der Waals surface area contributed by atoms with Crippen molar-refractivity contribution in [2.45, 2.75) is 32.9 Å². The van der Waals surface area contributed by atoms with E-state index in [4.69, 9.17) is 9.15 Å². The van der Waals surface area contributed by atoms with Crippen LogP contribution in [0.4, 0.5) is 0 Å². The monoisotopic (exact) mass is 309 g/mol. The fraction of sp³-hybridized carbons (Fsp3) is 0.600. The second-order valence-electron chi connectivity index (χ2n) is 5.23. The minimum atomic E-state index is -0.411. The van der Waals surface area contributed by atoms with Crippen molar-refractivity contribution in [3.05, 3.63) is 23.2 Å². The molecule has 1 aliphatic heterocycles. The summed E-state index contributed by atoms with van der Waals surface area (Å²) in [7, 11) is 1.34. The van der Waals surface area contributed by atoms with Gasteiger partial charge in [0.2, 0.25) is 0 Å². The molecule has 1 saturated heterocycles. The van der Waals surface area contributed by atoms with Gasteiger partial charge in [-0.25, -0.2) is 9.79 Å². The lowest BCUT2D eigenvalue weighted by molar-refractivity contribution is 0.0599. The highest BCUT2D eigenvalue weighted by Crippen LogP contribution is 2.17. The molecule has 0 aliphatic carbocycles. The van der Waals surface area contributed by atoms with Crippen LogP contribution in [0.1, 0.15) is 35.2 Å². The number of rotatable bonds is 4. The Morgan fingerprint density at radius 1 is 1.64 bits per heavy atom. The van der Waals surface area contributed by atoms with E-state index in [2.05, 4.69) is 10.3 Å². The first-order chi connectivity index (χ1) is 10.5. The molecule has 0 radical (unpaired) electrons. The zero-order valence-electron chi connectivity index (χ0n) is 13.3. The van der Waals surface area contributed by atoms with Crippen LogP contribution in [-0.4, -0.2) is 54.8 Å². The van der Waals surface area contributed by atoms with E-state index in [-0.39, 0.29) is 6.10 Å². The lowest BCUT2D eigenvalue weighted by atomic mass is 10.2. The Bertz CT molecular complexity index is 553. The number of hydrogen-bond donors (Lipinski definition) is 2. The zero-order valence-corrected chi connectivity index (χ0v) is 13.3. The fourth-order valence-corrected chi connectivity index (χ4v) is 2.45. The molecule has 22 heavy (non-hydrogen) atoms. The Morgan fingerprint density at radius 2 is 2.41 bits per heavy atom.